The maximum Gasteiger partial charge on any atom is 0.136 e. The van der Waals surface area contributed by atoms with Crippen LogP contribution in [0, 0.1) is 0 Å². The molecule has 24 heavy (non-hydrogen) atoms. The first-order valence-electron chi connectivity index (χ1n) is 10.6. The van der Waals surface area contributed by atoms with E-state index >= 15 is 0 Å². The van der Waals surface area contributed by atoms with E-state index in [9.17, 15) is 5.11 Å². The number of nitrogens with zero attached hydrogens (tertiary/aromatic N) is 1. The number of unbranched alkanes of at least 4 members (excludes halogenated alkanes) is 13. The van der Waals surface area contributed by atoms with Crippen LogP contribution in [0.15, 0.2) is 0 Å². The molecule has 0 radical (unpaired) electrons. The van der Waals surface area contributed by atoms with Gasteiger partial charge < -0.3 is 9.84 Å². The quantitative estimate of drug-likeness (QED) is 0.254. The molecule has 3 heteroatoms. The van der Waals surface area contributed by atoms with Crippen LogP contribution < -0.4 is 0 Å². The number of hydrogen-bond donors (Lipinski definition) is 1. The summed E-state index contributed by atoms with van der Waals surface area (Å²) in [6, 6.07) is 0. The molecule has 3 nitrogen and oxygen atoms in total. The Morgan fingerprint density at radius 3 is 1.42 bits per heavy atom. The fraction of sp³-hybridized carbons (Fsp3) is 1.00. The van der Waals surface area contributed by atoms with Gasteiger partial charge in [-0.1, -0.05) is 90.4 Å². The van der Waals surface area contributed by atoms with E-state index in [1.165, 1.54) is 83.5 Å². The Balaban J connectivity index is 3.20. The lowest BCUT2D eigenvalue weighted by molar-refractivity contribution is -0.102. The monoisotopic (exact) mass is 343 g/mol. The highest BCUT2D eigenvalue weighted by atomic mass is 16.5. The average Bonchev–Trinajstić information content (AvgIpc) is 2.53. The standard InChI is InChI=1S/C21H45NO2/c1-5-6-7-8-9-10-11-12-13-14-15-16-17-18-19-24-21(20(2)23)22(3)4/h20-21,23H,5-19H2,1-4H3. The van der Waals surface area contributed by atoms with Crippen molar-refractivity contribution in [3.63, 3.8) is 0 Å². The van der Waals surface area contributed by atoms with Gasteiger partial charge in [-0.15, -0.1) is 0 Å². The largest absolute Gasteiger partial charge is 0.389 e. The molecular formula is C21H45NO2. The molecule has 0 saturated carbocycles. The zero-order chi connectivity index (χ0) is 18.0. The molecule has 0 aliphatic carbocycles. The Kier molecular flexibility index (Phi) is 17.6. The van der Waals surface area contributed by atoms with Gasteiger partial charge in [-0.05, 0) is 27.4 Å². The van der Waals surface area contributed by atoms with E-state index in [-0.39, 0.29) is 6.23 Å². The van der Waals surface area contributed by atoms with Crippen molar-refractivity contribution in [3.8, 4) is 0 Å². The van der Waals surface area contributed by atoms with Gasteiger partial charge in [0.1, 0.15) is 6.23 Å². The van der Waals surface area contributed by atoms with Crippen LogP contribution in [0.25, 0.3) is 0 Å². The number of aliphatic hydroxyl groups is 1. The number of ether oxygens (including phenoxy) is 1. The lowest BCUT2D eigenvalue weighted by Crippen LogP contribution is -2.39. The second-order valence-corrected chi connectivity index (χ2v) is 7.56. The maximum absolute atomic E-state index is 9.63. The van der Waals surface area contributed by atoms with E-state index in [4.69, 9.17) is 4.74 Å². The molecule has 0 rings (SSSR count). The van der Waals surface area contributed by atoms with Gasteiger partial charge in [0.25, 0.3) is 0 Å². The lowest BCUT2D eigenvalue weighted by Gasteiger charge is -2.26. The summed E-state index contributed by atoms with van der Waals surface area (Å²) in [4.78, 5) is 1.94. The van der Waals surface area contributed by atoms with Gasteiger partial charge in [0.05, 0.1) is 6.10 Å². The number of hydrogen-bond acceptors (Lipinski definition) is 3. The number of likely N-dealkylation sites (N-methyl/N-ethyl adjacent to an activating group) is 1. The Morgan fingerprint density at radius 1 is 0.708 bits per heavy atom. The highest BCUT2D eigenvalue weighted by Crippen LogP contribution is 2.13. The highest BCUT2D eigenvalue weighted by Gasteiger charge is 2.17. The van der Waals surface area contributed by atoms with Crippen molar-refractivity contribution < 1.29 is 9.84 Å². The number of rotatable bonds is 18. The van der Waals surface area contributed by atoms with Crippen LogP contribution in [0.4, 0.5) is 0 Å². The third-order valence-electron chi connectivity index (χ3n) is 4.71. The molecule has 0 heterocycles. The summed E-state index contributed by atoms with van der Waals surface area (Å²) in [6.07, 6.45) is 18.6. The van der Waals surface area contributed by atoms with Gasteiger partial charge in [0, 0.05) is 6.61 Å². The fourth-order valence-electron chi connectivity index (χ4n) is 3.22. The van der Waals surface area contributed by atoms with Crippen LogP contribution >= 0.6 is 0 Å². The third kappa shape index (κ3) is 15.4. The topological polar surface area (TPSA) is 32.7 Å². The van der Waals surface area contributed by atoms with Crippen molar-refractivity contribution in [1.82, 2.24) is 4.90 Å². The SMILES string of the molecule is CCCCCCCCCCCCCCCCOC(C(C)O)N(C)C. The summed E-state index contributed by atoms with van der Waals surface area (Å²) in [5.41, 5.74) is 0. The van der Waals surface area contributed by atoms with Gasteiger partial charge in [0.15, 0.2) is 0 Å². The summed E-state index contributed by atoms with van der Waals surface area (Å²) >= 11 is 0. The third-order valence-corrected chi connectivity index (χ3v) is 4.71. The minimum atomic E-state index is -0.438. The molecule has 0 aliphatic rings. The summed E-state index contributed by atoms with van der Waals surface area (Å²) in [7, 11) is 3.89. The van der Waals surface area contributed by atoms with E-state index in [0.717, 1.165) is 13.0 Å². The molecule has 0 aromatic heterocycles. The fourth-order valence-corrected chi connectivity index (χ4v) is 3.22. The zero-order valence-corrected chi connectivity index (χ0v) is 17.1. The van der Waals surface area contributed by atoms with Gasteiger partial charge in [0.2, 0.25) is 0 Å². The molecule has 0 saturated heterocycles. The van der Waals surface area contributed by atoms with Crippen molar-refractivity contribution in [2.75, 3.05) is 20.7 Å². The molecule has 0 fully saturated rings. The average molecular weight is 344 g/mol. The first-order valence-corrected chi connectivity index (χ1v) is 10.6. The molecule has 0 aliphatic heterocycles. The Morgan fingerprint density at radius 2 is 1.08 bits per heavy atom. The van der Waals surface area contributed by atoms with Gasteiger partial charge in [-0.2, -0.15) is 0 Å². The van der Waals surface area contributed by atoms with Gasteiger partial charge >= 0.3 is 0 Å². The first-order chi connectivity index (χ1) is 11.6. The van der Waals surface area contributed by atoms with E-state index in [2.05, 4.69) is 6.92 Å². The molecular weight excluding hydrogens is 298 g/mol. The van der Waals surface area contributed by atoms with Gasteiger partial charge in [-0.25, -0.2) is 0 Å². The lowest BCUT2D eigenvalue weighted by atomic mass is 10.0. The summed E-state index contributed by atoms with van der Waals surface area (Å²) in [5, 5.41) is 9.63. The molecule has 0 bridgehead atoms. The van der Waals surface area contributed by atoms with E-state index < -0.39 is 6.10 Å². The Labute approximate surface area is 152 Å². The predicted molar refractivity (Wildman–Crippen MR) is 105 cm³/mol. The summed E-state index contributed by atoms with van der Waals surface area (Å²) in [5.74, 6) is 0. The Hall–Kier alpha value is -0.120. The molecule has 0 amide bonds. The van der Waals surface area contributed by atoms with E-state index in [0.29, 0.717) is 0 Å². The van der Waals surface area contributed by atoms with Crippen LogP contribution in [-0.4, -0.2) is 43.0 Å². The minimum absolute atomic E-state index is 0.174. The van der Waals surface area contributed by atoms with Crippen molar-refractivity contribution in [3.05, 3.63) is 0 Å². The summed E-state index contributed by atoms with van der Waals surface area (Å²) in [6.45, 7) is 4.82. The molecule has 0 aromatic carbocycles. The predicted octanol–water partition coefficient (Wildman–Crippen LogP) is 5.75. The van der Waals surface area contributed by atoms with E-state index in [1.807, 2.05) is 19.0 Å². The van der Waals surface area contributed by atoms with E-state index in [1.54, 1.807) is 6.92 Å². The summed E-state index contributed by atoms with van der Waals surface area (Å²) < 4.78 is 5.75. The van der Waals surface area contributed by atoms with Crippen molar-refractivity contribution >= 4 is 0 Å². The second kappa shape index (κ2) is 17.7. The second-order valence-electron chi connectivity index (χ2n) is 7.56. The molecule has 0 spiro atoms. The smallest absolute Gasteiger partial charge is 0.136 e. The van der Waals surface area contributed by atoms with Crippen LogP contribution in [0.5, 0.6) is 0 Å². The molecule has 2 unspecified atom stereocenters. The van der Waals surface area contributed by atoms with Crippen molar-refractivity contribution in [2.45, 2.75) is 116 Å². The van der Waals surface area contributed by atoms with Crippen LogP contribution in [0.1, 0.15) is 104 Å². The first kappa shape index (κ1) is 23.9. The molecule has 146 valence electrons. The van der Waals surface area contributed by atoms with Gasteiger partial charge in [-0.3, -0.25) is 4.90 Å². The normalized spacial score (nSPS) is 14.2. The minimum Gasteiger partial charge on any atom is -0.389 e. The Bertz CT molecular complexity index is 236. The van der Waals surface area contributed by atoms with Crippen LogP contribution in [0.2, 0.25) is 0 Å². The zero-order valence-electron chi connectivity index (χ0n) is 17.1. The van der Waals surface area contributed by atoms with Crippen LogP contribution in [0.3, 0.4) is 0 Å². The maximum atomic E-state index is 9.63. The van der Waals surface area contributed by atoms with Crippen LogP contribution in [-0.2, 0) is 4.74 Å². The van der Waals surface area contributed by atoms with Crippen molar-refractivity contribution in [2.24, 2.45) is 0 Å². The number of aliphatic hydroxyl groups excluding tert-OH is 1. The van der Waals surface area contributed by atoms with Crippen molar-refractivity contribution in [1.29, 1.82) is 0 Å². The molecule has 1 N–H and O–H groups in total. The highest BCUT2D eigenvalue weighted by molar-refractivity contribution is 4.61. The molecule has 2 atom stereocenters. The molecule has 0 aromatic rings.